The van der Waals surface area contributed by atoms with Crippen LogP contribution in [-0.4, -0.2) is 61.7 Å². The zero-order valence-electron chi connectivity index (χ0n) is 23.8. The van der Waals surface area contributed by atoms with E-state index in [1.807, 2.05) is 51.1 Å². The summed E-state index contributed by atoms with van der Waals surface area (Å²) >= 11 is 0. The Bertz CT molecular complexity index is 1430. The molecule has 8 nitrogen and oxygen atoms in total. The molecule has 0 heterocycles. The predicted molar refractivity (Wildman–Crippen MR) is 155 cm³/mol. The van der Waals surface area contributed by atoms with Gasteiger partial charge < -0.3 is 10.2 Å². The molecule has 0 aromatic heterocycles. The van der Waals surface area contributed by atoms with Crippen LogP contribution in [0.15, 0.2) is 78.9 Å². The molecule has 0 aliphatic carbocycles. The Morgan fingerprint density at radius 3 is 1.88 bits per heavy atom. The molecule has 220 valence electrons. The van der Waals surface area contributed by atoms with Crippen LogP contribution in [0.1, 0.15) is 31.9 Å². The third-order valence-electron chi connectivity index (χ3n) is 6.17. The zero-order chi connectivity index (χ0) is 30.4. The summed E-state index contributed by atoms with van der Waals surface area (Å²) < 4.78 is 55.8. The van der Waals surface area contributed by atoms with E-state index in [1.165, 1.54) is 55.4 Å². The Morgan fingerprint density at radius 1 is 0.829 bits per heavy atom. The Morgan fingerprint density at radius 2 is 1.37 bits per heavy atom. The number of nitrogens with one attached hydrogen (secondary N) is 1. The van der Waals surface area contributed by atoms with Crippen molar-refractivity contribution in [3.05, 3.63) is 102 Å². The first kappa shape index (κ1) is 31.7. The molecule has 0 fully saturated rings. The van der Waals surface area contributed by atoms with Crippen LogP contribution in [0.25, 0.3) is 0 Å². The number of carbonyl (C=O) groups excluding carboxylic acids is 2. The molecule has 0 saturated heterocycles. The molecule has 1 atom stereocenters. The first-order valence-electron chi connectivity index (χ1n) is 13.0. The molecule has 0 bridgehead atoms. The van der Waals surface area contributed by atoms with Crippen molar-refractivity contribution in [3.63, 3.8) is 0 Å². The highest BCUT2D eigenvalue weighted by atomic mass is 32.2. The summed E-state index contributed by atoms with van der Waals surface area (Å²) in [5.41, 5.74) is 0.791. The third-order valence-corrected chi connectivity index (χ3v) is 7.99. The number of amides is 2. The van der Waals surface area contributed by atoms with Crippen molar-refractivity contribution in [1.29, 1.82) is 0 Å². The Kier molecular flexibility index (Phi) is 10.2. The van der Waals surface area contributed by atoms with Crippen molar-refractivity contribution < 1.29 is 26.8 Å². The maximum absolute atomic E-state index is 14.1. The molecule has 11 heteroatoms. The molecule has 0 radical (unpaired) electrons. The van der Waals surface area contributed by atoms with Gasteiger partial charge in [0.05, 0.1) is 5.69 Å². The second-order valence-electron chi connectivity index (χ2n) is 10.9. The van der Waals surface area contributed by atoms with Gasteiger partial charge >= 0.3 is 10.2 Å². The Labute approximate surface area is 240 Å². The second kappa shape index (κ2) is 13.2. The molecule has 0 spiro atoms. The molecule has 3 aromatic carbocycles. The highest BCUT2D eigenvalue weighted by Crippen LogP contribution is 2.22. The topological polar surface area (TPSA) is 90.0 Å². The lowest BCUT2D eigenvalue weighted by Crippen LogP contribution is -2.56. The second-order valence-corrected chi connectivity index (χ2v) is 12.9. The minimum absolute atomic E-state index is 0.0777. The number of carbonyl (C=O) groups is 2. The van der Waals surface area contributed by atoms with Gasteiger partial charge in [0, 0.05) is 32.6 Å². The molecule has 3 rings (SSSR count). The van der Waals surface area contributed by atoms with Crippen molar-refractivity contribution >= 4 is 27.7 Å². The first-order valence-corrected chi connectivity index (χ1v) is 14.4. The fraction of sp³-hybridized carbons (Fsp3) is 0.333. The van der Waals surface area contributed by atoms with Crippen LogP contribution in [0.3, 0.4) is 0 Å². The van der Waals surface area contributed by atoms with Crippen LogP contribution in [0.5, 0.6) is 0 Å². The van der Waals surface area contributed by atoms with Gasteiger partial charge in [0.1, 0.15) is 24.2 Å². The van der Waals surface area contributed by atoms with Gasteiger partial charge in [-0.05, 0) is 68.3 Å². The number of rotatable bonds is 11. The summed E-state index contributed by atoms with van der Waals surface area (Å²) in [7, 11) is -1.56. The van der Waals surface area contributed by atoms with Gasteiger partial charge in [-0.25, -0.2) is 13.1 Å². The summed E-state index contributed by atoms with van der Waals surface area (Å²) in [6, 6.07) is 18.3. The SMILES string of the molecule is CN(C)S(=O)(=O)N(CC(=O)N(Cc1ccc(F)cc1)C(Cc1ccccc1)C(=O)NC(C)(C)C)c1ccc(F)cc1. The number of halogens is 2. The maximum Gasteiger partial charge on any atom is 0.304 e. The average Bonchev–Trinajstić information content (AvgIpc) is 2.90. The van der Waals surface area contributed by atoms with Crippen molar-refractivity contribution in [3.8, 4) is 0 Å². The lowest BCUT2D eigenvalue weighted by atomic mass is 10.0. The van der Waals surface area contributed by atoms with Gasteiger partial charge in [-0.1, -0.05) is 42.5 Å². The molecular formula is C30H36F2N4O4S. The monoisotopic (exact) mass is 586 g/mol. The van der Waals surface area contributed by atoms with Crippen molar-refractivity contribution in [2.24, 2.45) is 0 Å². The Hall–Kier alpha value is -3.83. The van der Waals surface area contributed by atoms with E-state index in [9.17, 15) is 26.8 Å². The number of hydrogen-bond acceptors (Lipinski definition) is 4. The van der Waals surface area contributed by atoms with Gasteiger partial charge in [-0.3, -0.25) is 9.59 Å². The van der Waals surface area contributed by atoms with E-state index in [4.69, 9.17) is 0 Å². The lowest BCUT2D eigenvalue weighted by Gasteiger charge is -2.35. The highest BCUT2D eigenvalue weighted by molar-refractivity contribution is 7.90. The normalized spacial score (nSPS) is 12.6. The minimum atomic E-state index is -4.20. The van der Waals surface area contributed by atoms with E-state index < -0.39 is 51.8 Å². The maximum atomic E-state index is 14.1. The van der Waals surface area contributed by atoms with Crippen LogP contribution in [0.4, 0.5) is 14.5 Å². The fourth-order valence-electron chi connectivity index (χ4n) is 4.12. The van der Waals surface area contributed by atoms with E-state index in [0.717, 1.165) is 26.3 Å². The molecule has 41 heavy (non-hydrogen) atoms. The summed E-state index contributed by atoms with van der Waals surface area (Å²) in [6.07, 6.45) is 0.146. The van der Waals surface area contributed by atoms with E-state index in [0.29, 0.717) is 5.56 Å². The molecule has 0 aliphatic rings. The van der Waals surface area contributed by atoms with Gasteiger partial charge in [0.2, 0.25) is 11.8 Å². The van der Waals surface area contributed by atoms with Crippen LogP contribution in [0, 0.1) is 11.6 Å². The van der Waals surface area contributed by atoms with Gasteiger partial charge in [-0.2, -0.15) is 12.7 Å². The molecule has 0 saturated carbocycles. The van der Waals surface area contributed by atoms with E-state index in [-0.39, 0.29) is 18.7 Å². The Balaban J connectivity index is 2.10. The minimum Gasteiger partial charge on any atom is -0.350 e. The van der Waals surface area contributed by atoms with Crippen LogP contribution in [-0.2, 0) is 32.8 Å². The molecule has 2 amide bonds. The molecule has 0 aliphatic heterocycles. The fourth-order valence-corrected chi connectivity index (χ4v) is 5.17. The van der Waals surface area contributed by atoms with Crippen LogP contribution in [0.2, 0.25) is 0 Å². The molecule has 1 unspecified atom stereocenters. The summed E-state index contributed by atoms with van der Waals surface area (Å²) in [5.74, 6) is -2.13. The van der Waals surface area contributed by atoms with Crippen molar-refractivity contribution in [2.75, 3.05) is 24.9 Å². The number of anilines is 1. The quantitative estimate of drug-likeness (QED) is 0.366. The number of benzene rings is 3. The number of nitrogens with zero attached hydrogens (tertiary/aromatic N) is 3. The molecule has 1 N–H and O–H groups in total. The van der Waals surface area contributed by atoms with E-state index in [2.05, 4.69) is 5.32 Å². The van der Waals surface area contributed by atoms with Gasteiger partial charge in [0.25, 0.3) is 0 Å². The highest BCUT2D eigenvalue weighted by Gasteiger charge is 2.35. The average molecular weight is 587 g/mol. The van der Waals surface area contributed by atoms with E-state index in [1.54, 1.807) is 0 Å². The standard InChI is InChI=1S/C30H36F2N4O4S/c1-30(2,3)33-29(38)27(19-22-9-7-6-8-10-22)35(20-23-11-13-24(31)14-12-23)28(37)21-36(41(39,40)34(4)5)26-17-15-25(32)16-18-26/h6-18,27H,19-21H2,1-5H3,(H,33,38). The number of hydrogen-bond donors (Lipinski definition) is 1. The van der Waals surface area contributed by atoms with Gasteiger partial charge in [0.15, 0.2) is 0 Å². The third kappa shape index (κ3) is 8.83. The van der Waals surface area contributed by atoms with E-state index >= 15 is 0 Å². The van der Waals surface area contributed by atoms with Crippen LogP contribution < -0.4 is 9.62 Å². The summed E-state index contributed by atoms with van der Waals surface area (Å²) in [5, 5.41) is 2.93. The first-order chi connectivity index (χ1) is 19.2. The smallest absolute Gasteiger partial charge is 0.304 e. The van der Waals surface area contributed by atoms with Crippen molar-refractivity contribution in [2.45, 2.75) is 45.3 Å². The lowest BCUT2D eigenvalue weighted by molar-refractivity contribution is -0.140. The largest absolute Gasteiger partial charge is 0.350 e. The molecular weight excluding hydrogens is 550 g/mol. The van der Waals surface area contributed by atoms with Crippen molar-refractivity contribution in [1.82, 2.24) is 14.5 Å². The zero-order valence-corrected chi connectivity index (χ0v) is 24.7. The summed E-state index contributed by atoms with van der Waals surface area (Å²) in [4.78, 5) is 29.1. The van der Waals surface area contributed by atoms with Crippen LogP contribution >= 0.6 is 0 Å². The summed E-state index contributed by atoms with van der Waals surface area (Å²) in [6.45, 7) is 4.69. The van der Waals surface area contributed by atoms with Gasteiger partial charge in [-0.15, -0.1) is 0 Å². The predicted octanol–water partition coefficient (Wildman–Crippen LogP) is 4.13. The molecule has 3 aromatic rings.